The summed E-state index contributed by atoms with van der Waals surface area (Å²) in [6, 6.07) is 6.70. The minimum atomic E-state index is -0.208. The second kappa shape index (κ2) is 7.18. The predicted molar refractivity (Wildman–Crippen MR) is 97.2 cm³/mol. The third-order valence-electron chi connectivity index (χ3n) is 4.49. The number of nitrogens with zero attached hydrogens (tertiary/aromatic N) is 6. The highest BCUT2D eigenvalue weighted by atomic mass is 19.1. The molecule has 1 unspecified atom stereocenters. The van der Waals surface area contributed by atoms with Gasteiger partial charge in [-0.15, -0.1) is 0 Å². The first-order valence-corrected chi connectivity index (χ1v) is 8.37. The Labute approximate surface area is 147 Å². The molecule has 3 rings (SSSR count). The van der Waals surface area contributed by atoms with Crippen LogP contribution in [0.1, 0.15) is 18.8 Å². The van der Waals surface area contributed by atoms with Gasteiger partial charge in [-0.25, -0.2) is 4.39 Å². The first-order chi connectivity index (χ1) is 11.9. The van der Waals surface area contributed by atoms with Crippen molar-refractivity contribution < 1.29 is 4.39 Å². The summed E-state index contributed by atoms with van der Waals surface area (Å²) in [6.45, 7) is 5.58. The van der Waals surface area contributed by atoms with E-state index < -0.39 is 0 Å². The molecule has 1 aliphatic heterocycles. The largest absolute Gasteiger partial charge is 0.369 e. The fourth-order valence-electron chi connectivity index (χ4n) is 2.97. The maximum Gasteiger partial charge on any atom is 0.229 e. The predicted octanol–water partition coefficient (Wildman–Crippen LogP) is 1.54. The summed E-state index contributed by atoms with van der Waals surface area (Å²) in [5.74, 6) is 1.29. The van der Waals surface area contributed by atoms with E-state index in [1.165, 1.54) is 12.1 Å². The van der Waals surface area contributed by atoms with Gasteiger partial charge < -0.3 is 15.5 Å². The van der Waals surface area contributed by atoms with Crippen LogP contribution in [0.25, 0.3) is 0 Å². The van der Waals surface area contributed by atoms with Gasteiger partial charge in [0.15, 0.2) is 5.82 Å². The van der Waals surface area contributed by atoms with E-state index >= 15 is 0 Å². The summed E-state index contributed by atoms with van der Waals surface area (Å²) in [5.41, 5.74) is 6.88. The molecule has 2 N–H and O–H groups in total. The Hall–Kier alpha value is -2.48. The third-order valence-corrected chi connectivity index (χ3v) is 4.49. The van der Waals surface area contributed by atoms with Gasteiger partial charge in [-0.05, 0) is 31.2 Å². The van der Waals surface area contributed by atoms with Crippen molar-refractivity contribution in [1.82, 2.24) is 19.9 Å². The summed E-state index contributed by atoms with van der Waals surface area (Å²) >= 11 is 0. The summed E-state index contributed by atoms with van der Waals surface area (Å²) in [7, 11) is 3.76. The summed E-state index contributed by atoms with van der Waals surface area (Å²) < 4.78 is 13.1. The van der Waals surface area contributed by atoms with Crippen LogP contribution < -0.4 is 15.5 Å². The van der Waals surface area contributed by atoms with Gasteiger partial charge in [0.2, 0.25) is 11.9 Å². The van der Waals surface area contributed by atoms with E-state index in [0.717, 1.165) is 31.9 Å². The standard InChI is InChI=1S/C17H24FN7/c1-12(15-20-16(19)22-17(21-15)23(2)3)24-8-10-25(11-9-24)14-6-4-13(18)5-7-14/h4-7,12H,8-11H2,1-3H3,(H2,19,20,21,22). The number of hydrogen-bond donors (Lipinski definition) is 1. The molecule has 1 atom stereocenters. The first-order valence-electron chi connectivity index (χ1n) is 8.37. The highest BCUT2D eigenvalue weighted by Crippen LogP contribution is 2.23. The highest BCUT2D eigenvalue weighted by molar-refractivity contribution is 5.46. The van der Waals surface area contributed by atoms with Crippen LogP contribution in [0.2, 0.25) is 0 Å². The number of aromatic nitrogens is 3. The minimum absolute atomic E-state index is 0.0550. The van der Waals surface area contributed by atoms with Gasteiger partial charge in [0.25, 0.3) is 0 Å². The molecule has 7 nitrogen and oxygen atoms in total. The first kappa shape index (κ1) is 17.3. The Morgan fingerprint density at radius 2 is 1.68 bits per heavy atom. The molecule has 1 aromatic carbocycles. The van der Waals surface area contributed by atoms with Crippen LogP contribution in [0.15, 0.2) is 24.3 Å². The number of halogens is 1. The lowest BCUT2D eigenvalue weighted by Gasteiger charge is -2.38. The van der Waals surface area contributed by atoms with E-state index in [1.54, 1.807) is 0 Å². The third kappa shape index (κ3) is 3.96. The maximum absolute atomic E-state index is 13.1. The molecule has 1 aliphatic rings. The SMILES string of the molecule is CC(c1nc(N)nc(N(C)C)n1)N1CCN(c2ccc(F)cc2)CC1. The van der Waals surface area contributed by atoms with Gasteiger partial charge in [-0.2, -0.15) is 15.0 Å². The zero-order valence-electron chi connectivity index (χ0n) is 14.9. The molecule has 0 radical (unpaired) electrons. The molecular weight excluding hydrogens is 321 g/mol. The van der Waals surface area contributed by atoms with E-state index in [9.17, 15) is 4.39 Å². The van der Waals surface area contributed by atoms with Gasteiger partial charge in [-0.1, -0.05) is 0 Å². The van der Waals surface area contributed by atoms with E-state index in [4.69, 9.17) is 5.73 Å². The van der Waals surface area contributed by atoms with Gasteiger partial charge in [-0.3, -0.25) is 4.90 Å². The van der Waals surface area contributed by atoms with Crippen molar-refractivity contribution in [3.8, 4) is 0 Å². The van der Waals surface area contributed by atoms with Crippen molar-refractivity contribution >= 4 is 17.6 Å². The number of anilines is 3. The summed E-state index contributed by atoms with van der Waals surface area (Å²) in [6.07, 6.45) is 0. The average molecular weight is 345 g/mol. The Bertz CT molecular complexity index is 711. The van der Waals surface area contributed by atoms with Crippen molar-refractivity contribution in [3.63, 3.8) is 0 Å². The van der Waals surface area contributed by atoms with Crippen LogP contribution in [0.4, 0.5) is 22.0 Å². The van der Waals surface area contributed by atoms with Crippen LogP contribution >= 0.6 is 0 Å². The number of benzene rings is 1. The lowest BCUT2D eigenvalue weighted by molar-refractivity contribution is 0.191. The molecule has 8 heteroatoms. The summed E-state index contributed by atoms with van der Waals surface area (Å²) in [5, 5.41) is 0. The number of rotatable bonds is 4. The fraction of sp³-hybridized carbons (Fsp3) is 0.471. The molecule has 0 spiro atoms. The molecular formula is C17H24FN7. The molecule has 0 amide bonds. The lowest BCUT2D eigenvalue weighted by Crippen LogP contribution is -2.47. The Morgan fingerprint density at radius 3 is 2.28 bits per heavy atom. The maximum atomic E-state index is 13.1. The molecule has 2 heterocycles. The van der Waals surface area contributed by atoms with Crippen LogP contribution in [0.3, 0.4) is 0 Å². The van der Waals surface area contributed by atoms with Crippen LogP contribution in [0, 0.1) is 5.82 Å². The molecule has 2 aromatic rings. The molecule has 0 bridgehead atoms. The Balaban J connectivity index is 1.67. The monoisotopic (exact) mass is 345 g/mol. The zero-order valence-corrected chi connectivity index (χ0v) is 14.9. The molecule has 1 aromatic heterocycles. The summed E-state index contributed by atoms with van der Waals surface area (Å²) in [4.78, 5) is 19.4. The van der Waals surface area contributed by atoms with Crippen LogP contribution in [0.5, 0.6) is 0 Å². The minimum Gasteiger partial charge on any atom is -0.369 e. The van der Waals surface area contributed by atoms with Crippen molar-refractivity contribution in [3.05, 3.63) is 35.9 Å². The molecule has 134 valence electrons. The number of piperazine rings is 1. The lowest BCUT2D eigenvalue weighted by atomic mass is 10.2. The fourth-order valence-corrected chi connectivity index (χ4v) is 2.97. The average Bonchev–Trinajstić information content (AvgIpc) is 2.61. The van der Waals surface area contributed by atoms with Crippen molar-refractivity contribution in [2.75, 3.05) is 55.8 Å². The van der Waals surface area contributed by atoms with Crippen molar-refractivity contribution in [2.45, 2.75) is 13.0 Å². The second-order valence-corrected chi connectivity index (χ2v) is 6.42. The van der Waals surface area contributed by atoms with Crippen LogP contribution in [-0.4, -0.2) is 60.1 Å². The smallest absolute Gasteiger partial charge is 0.229 e. The normalized spacial score (nSPS) is 16.7. The van der Waals surface area contributed by atoms with Crippen molar-refractivity contribution in [2.24, 2.45) is 0 Å². The van der Waals surface area contributed by atoms with E-state index in [1.807, 2.05) is 31.1 Å². The van der Waals surface area contributed by atoms with Gasteiger partial charge >= 0.3 is 0 Å². The Morgan fingerprint density at radius 1 is 1.04 bits per heavy atom. The van der Waals surface area contributed by atoms with Gasteiger partial charge in [0.1, 0.15) is 5.82 Å². The zero-order chi connectivity index (χ0) is 18.0. The number of nitrogens with two attached hydrogens (primary N) is 1. The molecule has 25 heavy (non-hydrogen) atoms. The number of hydrogen-bond acceptors (Lipinski definition) is 7. The van der Waals surface area contributed by atoms with E-state index in [2.05, 4.69) is 31.7 Å². The quantitative estimate of drug-likeness (QED) is 0.901. The molecule has 1 saturated heterocycles. The molecule has 1 fully saturated rings. The highest BCUT2D eigenvalue weighted by Gasteiger charge is 2.25. The molecule has 0 saturated carbocycles. The topological polar surface area (TPSA) is 74.4 Å². The van der Waals surface area contributed by atoms with E-state index in [0.29, 0.717) is 11.8 Å². The van der Waals surface area contributed by atoms with Gasteiger partial charge in [0.05, 0.1) is 6.04 Å². The Kier molecular flexibility index (Phi) is 4.98. The molecule has 0 aliphatic carbocycles. The number of nitrogen functional groups attached to an aromatic ring is 1. The second-order valence-electron chi connectivity index (χ2n) is 6.42. The van der Waals surface area contributed by atoms with Gasteiger partial charge in [0, 0.05) is 46.0 Å². The van der Waals surface area contributed by atoms with E-state index in [-0.39, 0.29) is 17.8 Å². The van der Waals surface area contributed by atoms with Crippen LogP contribution in [-0.2, 0) is 0 Å². The van der Waals surface area contributed by atoms with Crippen molar-refractivity contribution in [1.29, 1.82) is 0 Å².